The van der Waals surface area contributed by atoms with Gasteiger partial charge in [-0.3, -0.25) is 28.9 Å². The van der Waals surface area contributed by atoms with Crippen LogP contribution in [0.15, 0.2) is 83.0 Å². The summed E-state index contributed by atoms with van der Waals surface area (Å²) in [5.74, 6) is -1.82. The average Bonchev–Trinajstić information content (AvgIpc) is 3.83. The zero-order chi connectivity index (χ0) is 40.7. The van der Waals surface area contributed by atoms with E-state index in [9.17, 15) is 29.7 Å². The predicted molar refractivity (Wildman–Crippen MR) is 214 cm³/mol. The normalized spacial score (nSPS) is 17.9. The predicted octanol–water partition coefficient (Wildman–Crippen LogP) is 10.2. The standard InChI is InChI=1S/C49H30N4O4/c1-47(2)27(15-35-43(54)31-11-25(21-50)26(22-51)12-32(31)44(35)55)9-23-13-39-29(17-37(23)47)30-18-38-24(14-40(30)49(39,5)6)10-28(48(38,3)4)16-36-45(56)33-19-41(52-7)42(53-8)20-34(33)46(36)57/h9-20H,1-6H3. The third-order valence-electron chi connectivity index (χ3n) is 12.7. The molecule has 0 spiro atoms. The smallest absolute Gasteiger partial charge is 0.197 e. The number of nitrogens with zero attached hydrogens (tertiary/aromatic N) is 4. The molecule has 0 aromatic heterocycles. The van der Waals surface area contributed by atoms with Gasteiger partial charge < -0.3 is 0 Å². The Hall–Kier alpha value is -7.52. The molecular weight excluding hydrogens is 709 g/mol. The van der Waals surface area contributed by atoms with E-state index in [1.165, 1.54) is 24.3 Å². The van der Waals surface area contributed by atoms with E-state index in [-0.39, 0.29) is 61.3 Å². The van der Waals surface area contributed by atoms with Crippen LogP contribution in [0.5, 0.6) is 0 Å². The molecule has 0 saturated carbocycles. The van der Waals surface area contributed by atoms with Gasteiger partial charge >= 0.3 is 0 Å². The van der Waals surface area contributed by atoms with Gasteiger partial charge in [-0.25, -0.2) is 0 Å². The van der Waals surface area contributed by atoms with E-state index in [2.05, 4.69) is 75.5 Å². The summed E-state index contributed by atoms with van der Waals surface area (Å²) in [7, 11) is 0. The topological polar surface area (TPSA) is 125 Å². The summed E-state index contributed by atoms with van der Waals surface area (Å²) in [6.45, 7) is 27.5. The van der Waals surface area contributed by atoms with Crippen molar-refractivity contribution in [3.05, 3.63) is 173 Å². The number of benzene rings is 4. The highest BCUT2D eigenvalue weighted by atomic mass is 16.2. The third-order valence-corrected chi connectivity index (χ3v) is 12.7. The first-order chi connectivity index (χ1) is 27.0. The van der Waals surface area contributed by atoms with Crippen LogP contribution in [-0.2, 0) is 16.2 Å². The van der Waals surface area contributed by atoms with Gasteiger partial charge in [0.2, 0.25) is 0 Å². The van der Waals surface area contributed by atoms with Crippen LogP contribution in [0.1, 0.15) is 127 Å². The molecule has 0 atom stereocenters. The van der Waals surface area contributed by atoms with Crippen molar-refractivity contribution in [3.63, 3.8) is 0 Å². The first-order valence-corrected chi connectivity index (χ1v) is 18.3. The summed E-state index contributed by atoms with van der Waals surface area (Å²) in [4.78, 5) is 61.0. The lowest BCUT2D eigenvalue weighted by atomic mass is 9.77. The molecule has 4 aromatic rings. The van der Waals surface area contributed by atoms with Gasteiger partial charge in [0.1, 0.15) is 12.1 Å². The van der Waals surface area contributed by atoms with E-state index in [0.29, 0.717) is 0 Å². The molecule has 4 aromatic carbocycles. The van der Waals surface area contributed by atoms with Gasteiger partial charge in [0.25, 0.3) is 0 Å². The summed E-state index contributed by atoms with van der Waals surface area (Å²) >= 11 is 0. The van der Waals surface area contributed by atoms with Crippen molar-refractivity contribution in [2.24, 2.45) is 0 Å². The Labute approximate surface area is 329 Å². The molecule has 0 heterocycles. The minimum atomic E-state index is -0.574. The molecule has 57 heavy (non-hydrogen) atoms. The lowest BCUT2D eigenvalue weighted by Crippen LogP contribution is -2.19. The molecule has 9 rings (SSSR count). The van der Waals surface area contributed by atoms with E-state index in [4.69, 9.17) is 13.1 Å². The van der Waals surface area contributed by atoms with Crippen molar-refractivity contribution in [1.82, 2.24) is 0 Å². The number of Topliss-reactive ketones (excluding diaryl/α,β-unsaturated/α-hetero) is 4. The number of nitriles is 2. The van der Waals surface area contributed by atoms with E-state index in [1.807, 2.05) is 24.3 Å². The maximum Gasteiger partial charge on any atom is 0.197 e. The monoisotopic (exact) mass is 738 g/mol. The van der Waals surface area contributed by atoms with Crippen LogP contribution < -0.4 is 0 Å². The molecule has 0 aliphatic heterocycles. The number of fused-ring (bicyclic) bond motifs is 7. The van der Waals surface area contributed by atoms with E-state index >= 15 is 0 Å². The molecule has 5 aliphatic rings. The van der Waals surface area contributed by atoms with Crippen LogP contribution in [0, 0.1) is 35.8 Å². The maximum absolute atomic E-state index is 13.6. The molecule has 0 N–H and O–H groups in total. The molecule has 5 aliphatic carbocycles. The quantitative estimate of drug-likeness (QED) is 0.115. The second-order valence-corrected chi connectivity index (χ2v) is 16.8. The Morgan fingerprint density at radius 2 is 0.842 bits per heavy atom. The van der Waals surface area contributed by atoms with Crippen molar-refractivity contribution in [3.8, 4) is 23.3 Å². The fourth-order valence-electron chi connectivity index (χ4n) is 9.28. The van der Waals surface area contributed by atoms with Gasteiger partial charge in [-0.15, -0.1) is 0 Å². The summed E-state index contributed by atoms with van der Waals surface area (Å²) in [6, 6.07) is 18.1. The van der Waals surface area contributed by atoms with Gasteiger partial charge in [0.05, 0.1) is 35.4 Å². The highest BCUT2D eigenvalue weighted by Gasteiger charge is 2.44. The van der Waals surface area contributed by atoms with Crippen molar-refractivity contribution in [2.75, 3.05) is 0 Å². The van der Waals surface area contributed by atoms with E-state index < -0.39 is 34.0 Å². The van der Waals surface area contributed by atoms with Crippen LogP contribution in [0.3, 0.4) is 0 Å². The van der Waals surface area contributed by atoms with Crippen LogP contribution in [0.2, 0.25) is 0 Å². The number of carbonyl (C=O) groups is 4. The van der Waals surface area contributed by atoms with Crippen LogP contribution >= 0.6 is 0 Å². The number of allylic oxidation sites excluding steroid dienone is 6. The fourth-order valence-corrected chi connectivity index (χ4v) is 9.28. The molecule has 270 valence electrons. The fraction of sp³-hybridized carbons (Fsp3) is 0.184. The maximum atomic E-state index is 13.6. The van der Waals surface area contributed by atoms with Gasteiger partial charge in [-0.2, -0.15) is 10.5 Å². The van der Waals surface area contributed by atoms with Crippen molar-refractivity contribution in [2.45, 2.75) is 57.8 Å². The highest BCUT2D eigenvalue weighted by Crippen LogP contribution is 2.56. The Balaban J connectivity index is 1.08. The minimum absolute atomic E-state index is 0.0107. The second-order valence-electron chi connectivity index (χ2n) is 16.8. The van der Waals surface area contributed by atoms with Crippen molar-refractivity contribution in [1.29, 1.82) is 10.5 Å². The van der Waals surface area contributed by atoms with Gasteiger partial charge in [-0.1, -0.05) is 65.8 Å². The molecular formula is C49H30N4O4. The van der Waals surface area contributed by atoms with Gasteiger partial charge in [-0.05, 0) is 104 Å². The van der Waals surface area contributed by atoms with E-state index in [1.54, 1.807) is 12.2 Å². The summed E-state index contributed by atoms with van der Waals surface area (Å²) in [5, 5.41) is 19.0. The number of rotatable bonds is 2. The van der Waals surface area contributed by atoms with Crippen molar-refractivity contribution >= 4 is 46.7 Å². The number of hydrogen-bond acceptors (Lipinski definition) is 6. The minimum Gasteiger partial charge on any atom is -0.288 e. The van der Waals surface area contributed by atoms with E-state index in [0.717, 1.165) is 55.7 Å². The Morgan fingerprint density at radius 1 is 0.491 bits per heavy atom. The molecule has 0 radical (unpaired) electrons. The number of hydrogen-bond donors (Lipinski definition) is 0. The first-order valence-electron chi connectivity index (χ1n) is 18.3. The number of ketones is 4. The van der Waals surface area contributed by atoms with Crippen LogP contribution in [0.25, 0.3) is 33.0 Å². The Morgan fingerprint density at radius 3 is 1.18 bits per heavy atom. The molecule has 0 saturated heterocycles. The average molecular weight is 739 g/mol. The van der Waals surface area contributed by atoms with Gasteiger partial charge in [0.15, 0.2) is 34.5 Å². The zero-order valence-electron chi connectivity index (χ0n) is 31.9. The van der Waals surface area contributed by atoms with Crippen LogP contribution in [-0.4, -0.2) is 23.1 Å². The summed E-state index contributed by atoms with van der Waals surface area (Å²) < 4.78 is 0. The Bertz CT molecular complexity index is 2780. The molecule has 8 nitrogen and oxygen atoms in total. The SMILES string of the molecule is [C-]#[N+]c1cc2c(cc1[N+]#[C-])C(=O)C(=CC1=Cc3cc4c(cc3C1(C)C)-c1cc3c(cc1C4(C)C)C=C(C=C1C(=O)c4cc(C#N)c(C#N)cc4C1=O)C3(C)C)C2=O. The van der Waals surface area contributed by atoms with Crippen LogP contribution in [0.4, 0.5) is 11.4 Å². The summed E-state index contributed by atoms with van der Waals surface area (Å²) in [5.41, 5.74) is 9.47. The molecule has 8 heteroatoms. The lowest BCUT2D eigenvalue weighted by Gasteiger charge is -2.26. The van der Waals surface area contributed by atoms with Gasteiger partial charge in [0, 0.05) is 38.5 Å². The first kappa shape index (κ1) is 35.2. The second kappa shape index (κ2) is 11.3. The summed E-state index contributed by atoms with van der Waals surface area (Å²) in [6.07, 6.45) is 7.41. The largest absolute Gasteiger partial charge is 0.288 e. The molecule has 0 bridgehead atoms. The van der Waals surface area contributed by atoms with Crippen molar-refractivity contribution < 1.29 is 19.2 Å². The third kappa shape index (κ3) is 4.50. The molecule has 0 unspecified atom stereocenters. The Kier molecular flexibility index (Phi) is 6.96. The highest BCUT2D eigenvalue weighted by molar-refractivity contribution is 6.41. The number of carbonyl (C=O) groups excluding carboxylic acids is 4. The zero-order valence-corrected chi connectivity index (χ0v) is 31.9. The molecule has 0 amide bonds. The lowest BCUT2D eigenvalue weighted by molar-refractivity contribution is 0.0973. The molecule has 0 fully saturated rings.